The van der Waals surface area contributed by atoms with Gasteiger partial charge in [0.15, 0.2) is 0 Å². The third-order valence-corrected chi connectivity index (χ3v) is 11.5. The second kappa shape index (κ2) is 18.5. The second-order valence-corrected chi connectivity index (χ2v) is 15.7. The van der Waals surface area contributed by atoms with E-state index in [1.807, 2.05) is 0 Å². The van der Waals surface area contributed by atoms with E-state index in [2.05, 4.69) is 153 Å². The molecular formula is C48H60N10. The molecule has 0 atom stereocenters. The molecule has 0 bridgehead atoms. The standard InChI is InChI=1S/C48H60N10/c1-5-27-55-41-21-13-9-17-37(41)49-45(55)25-31-53(35-47-51-39-19-11-15-23-43(39)57(47)29-7-3)33-34-54(36-48-52-40-20-12-16-24-44(40)58(48)30-8-4)32-26-46-50-38-18-10-14-22-42(38)56(46)28-6-2/h9-24H,5-8,25-36H2,1-4H3. The predicted molar refractivity (Wildman–Crippen MR) is 238 cm³/mol. The minimum absolute atomic E-state index is 0.775. The highest BCUT2D eigenvalue weighted by Crippen LogP contribution is 2.23. The molecule has 4 aromatic heterocycles. The summed E-state index contributed by atoms with van der Waals surface area (Å²) in [5, 5.41) is 0. The van der Waals surface area contributed by atoms with E-state index in [-0.39, 0.29) is 0 Å². The fraction of sp³-hybridized carbons (Fsp3) is 0.417. The minimum atomic E-state index is 0.775. The number of fused-ring (bicyclic) bond motifs is 4. The normalized spacial score (nSPS) is 12.2. The number of benzene rings is 4. The summed E-state index contributed by atoms with van der Waals surface area (Å²) in [4.78, 5) is 26.1. The molecule has 10 nitrogen and oxygen atoms in total. The Bertz CT molecular complexity index is 2390. The summed E-state index contributed by atoms with van der Waals surface area (Å²) in [6.07, 6.45) is 6.00. The van der Waals surface area contributed by atoms with Crippen molar-refractivity contribution in [2.24, 2.45) is 0 Å². The minimum Gasteiger partial charge on any atom is -0.328 e. The Kier molecular flexibility index (Phi) is 12.6. The summed E-state index contributed by atoms with van der Waals surface area (Å²) in [6, 6.07) is 34.4. The lowest BCUT2D eigenvalue weighted by Gasteiger charge is -2.28. The molecule has 4 heterocycles. The molecule has 4 aromatic carbocycles. The zero-order valence-electron chi connectivity index (χ0n) is 35.0. The molecule has 0 aliphatic carbocycles. The molecule has 8 rings (SSSR count). The number of rotatable bonds is 21. The number of para-hydroxylation sites is 8. The van der Waals surface area contributed by atoms with Crippen molar-refractivity contribution in [1.29, 1.82) is 0 Å². The maximum absolute atomic E-state index is 5.25. The topological polar surface area (TPSA) is 77.8 Å². The van der Waals surface area contributed by atoms with Crippen LogP contribution < -0.4 is 0 Å². The smallest absolute Gasteiger partial charge is 0.124 e. The Morgan fingerprint density at radius 2 is 0.638 bits per heavy atom. The first-order valence-electron chi connectivity index (χ1n) is 21.8. The largest absolute Gasteiger partial charge is 0.328 e. The molecule has 58 heavy (non-hydrogen) atoms. The number of imidazole rings is 4. The third kappa shape index (κ3) is 8.45. The molecule has 0 saturated heterocycles. The molecule has 10 heteroatoms. The molecule has 0 spiro atoms. The summed E-state index contributed by atoms with van der Waals surface area (Å²) in [7, 11) is 0. The Hall–Kier alpha value is -5.32. The SMILES string of the molecule is CCCn1c(CCN(CCN(CCc2nc3ccccc3n2CCC)Cc2nc3ccccc3n2CCC)Cc2nc3ccccc3n2CCC)nc2ccccc21. The van der Waals surface area contributed by atoms with E-state index in [1.165, 1.54) is 22.1 Å². The molecule has 0 aliphatic rings. The summed E-state index contributed by atoms with van der Waals surface area (Å²) in [5.41, 5.74) is 9.20. The lowest BCUT2D eigenvalue weighted by atomic mass is 10.3. The van der Waals surface area contributed by atoms with Crippen molar-refractivity contribution in [3.63, 3.8) is 0 Å². The monoisotopic (exact) mass is 777 g/mol. The first kappa shape index (κ1) is 39.5. The number of hydrogen-bond acceptors (Lipinski definition) is 6. The molecule has 0 unspecified atom stereocenters. The Morgan fingerprint density at radius 3 is 0.948 bits per heavy atom. The fourth-order valence-electron chi connectivity index (χ4n) is 8.76. The van der Waals surface area contributed by atoms with Gasteiger partial charge in [0.05, 0.1) is 57.2 Å². The van der Waals surface area contributed by atoms with Crippen LogP contribution in [-0.4, -0.2) is 74.2 Å². The van der Waals surface area contributed by atoms with Crippen LogP contribution in [0.3, 0.4) is 0 Å². The van der Waals surface area contributed by atoms with Crippen molar-refractivity contribution in [2.75, 3.05) is 26.2 Å². The van der Waals surface area contributed by atoms with Crippen LogP contribution in [0.15, 0.2) is 97.1 Å². The molecule has 0 N–H and O–H groups in total. The van der Waals surface area contributed by atoms with Crippen molar-refractivity contribution in [2.45, 2.75) is 105 Å². The fourth-order valence-corrected chi connectivity index (χ4v) is 8.76. The van der Waals surface area contributed by atoms with Gasteiger partial charge in [-0.3, -0.25) is 9.80 Å². The van der Waals surface area contributed by atoms with Crippen LogP contribution in [0.2, 0.25) is 0 Å². The van der Waals surface area contributed by atoms with Crippen molar-refractivity contribution < 1.29 is 0 Å². The van der Waals surface area contributed by atoms with Crippen LogP contribution in [-0.2, 0) is 52.1 Å². The van der Waals surface area contributed by atoms with Gasteiger partial charge in [0.25, 0.3) is 0 Å². The summed E-state index contributed by atoms with van der Waals surface area (Å²) in [5.74, 6) is 4.59. The predicted octanol–water partition coefficient (Wildman–Crippen LogP) is 9.52. The zero-order valence-corrected chi connectivity index (χ0v) is 35.0. The van der Waals surface area contributed by atoms with Crippen molar-refractivity contribution >= 4 is 44.1 Å². The van der Waals surface area contributed by atoms with Gasteiger partial charge in [-0.05, 0) is 74.2 Å². The van der Waals surface area contributed by atoms with Crippen LogP contribution in [0.5, 0.6) is 0 Å². The Morgan fingerprint density at radius 1 is 0.362 bits per heavy atom. The maximum atomic E-state index is 5.25. The average Bonchev–Trinajstić information content (AvgIpc) is 3.99. The first-order chi connectivity index (χ1) is 28.6. The van der Waals surface area contributed by atoms with E-state index in [9.17, 15) is 0 Å². The van der Waals surface area contributed by atoms with E-state index in [1.54, 1.807) is 0 Å². The molecule has 302 valence electrons. The van der Waals surface area contributed by atoms with E-state index in [0.29, 0.717) is 0 Å². The highest BCUT2D eigenvalue weighted by atomic mass is 15.2. The highest BCUT2D eigenvalue weighted by Gasteiger charge is 2.21. The van der Waals surface area contributed by atoms with Crippen molar-refractivity contribution in [3.05, 3.63) is 120 Å². The summed E-state index contributed by atoms with van der Waals surface area (Å²) < 4.78 is 9.76. The zero-order chi connectivity index (χ0) is 39.8. The molecule has 0 fully saturated rings. The number of aryl methyl sites for hydroxylation is 4. The third-order valence-electron chi connectivity index (χ3n) is 11.5. The average molecular weight is 777 g/mol. The van der Waals surface area contributed by atoms with E-state index in [0.717, 1.165) is 149 Å². The number of nitrogens with zero attached hydrogens (tertiary/aromatic N) is 10. The van der Waals surface area contributed by atoms with Gasteiger partial charge < -0.3 is 18.3 Å². The quantitative estimate of drug-likeness (QED) is 0.0724. The van der Waals surface area contributed by atoms with Crippen molar-refractivity contribution in [1.82, 2.24) is 48.0 Å². The van der Waals surface area contributed by atoms with Gasteiger partial charge in [0, 0.05) is 65.2 Å². The molecule has 0 radical (unpaired) electrons. The van der Waals surface area contributed by atoms with Crippen LogP contribution >= 0.6 is 0 Å². The second-order valence-electron chi connectivity index (χ2n) is 15.7. The maximum Gasteiger partial charge on any atom is 0.124 e. The van der Waals surface area contributed by atoms with Crippen molar-refractivity contribution in [3.8, 4) is 0 Å². The van der Waals surface area contributed by atoms with Gasteiger partial charge in [-0.15, -0.1) is 0 Å². The lowest BCUT2D eigenvalue weighted by Crippen LogP contribution is -2.38. The van der Waals surface area contributed by atoms with Crippen LogP contribution in [0.4, 0.5) is 0 Å². The van der Waals surface area contributed by atoms with E-state index < -0.39 is 0 Å². The first-order valence-corrected chi connectivity index (χ1v) is 21.8. The van der Waals surface area contributed by atoms with Gasteiger partial charge in [-0.1, -0.05) is 76.2 Å². The van der Waals surface area contributed by atoms with Crippen LogP contribution in [0.1, 0.15) is 76.7 Å². The van der Waals surface area contributed by atoms with Crippen LogP contribution in [0.25, 0.3) is 44.1 Å². The molecule has 0 saturated carbocycles. The van der Waals surface area contributed by atoms with E-state index in [4.69, 9.17) is 19.9 Å². The van der Waals surface area contributed by atoms with Gasteiger partial charge in [0.1, 0.15) is 23.3 Å². The summed E-state index contributed by atoms with van der Waals surface area (Å²) >= 11 is 0. The van der Waals surface area contributed by atoms with Gasteiger partial charge >= 0.3 is 0 Å². The number of hydrogen-bond donors (Lipinski definition) is 0. The van der Waals surface area contributed by atoms with Gasteiger partial charge in [-0.25, -0.2) is 19.9 Å². The highest BCUT2D eigenvalue weighted by molar-refractivity contribution is 5.78. The Balaban J connectivity index is 1.11. The molecular weight excluding hydrogens is 717 g/mol. The lowest BCUT2D eigenvalue weighted by molar-refractivity contribution is 0.186. The van der Waals surface area contributed by atoms with E-state index >= 15 is 0 Å². The van der Waals surface area contributed by atoms with Gasteiger partial charge in [-0.2, -0.15) is 0 Å². The summed E-state index contributed by atoms with van der Waals surface area (Å²) in [6.45, 7) is 18.0. The molecule has 8 aromatic rings. The molecule has 0 amide bonds. The number of aromatic nitrogens is 8. The van der Waals surface area contributed by atoms with Gasteiger partial charge in [0.2, 0.25) is 0 Å². The Labute approximate surface area is 343 Å². The molecule has 0 aliphatic heterocycles. The van der Waals surface area contributed by atoms with Crippen LogP contribution in [0, 0.1) is 0 Å².